The standard InChI is InChI=1S/C8H18O4.C3H4O2/c1-6(11)8(4-9,5-10)7(2,3)12;1-2-3(4)5/h6,9-12H,4-5H2,1-3H3;2H,1H2,(H,4,5). The van der Waals surface area contributed by atoms with E-state index in [9.17, 15) is 15.0 Å². The summed E-state index contributed by atoms with van der Waals surface area (Å²) in [5, 5.41) is 44.5. The van der Waals surface area contributed by atoms with Gasteiger partial charge >= 0.3 is 5.97 Å². The monoisotopic (exact) mass is 250 g/mol. The third-order valence-electron chi connectivity index (χ3n) is 2.76. The van der Waals surface area contributed by atoms with Crippen LogP contribution in [0.1, 0.15) is 20.8 Å². The third-order valence-corrected chi connectivity index (χ3v) is 2.76. The summed E-state index contributed by atoms with van der Waals surface area (Å²) in [7, 11) is 0. The van der Waals surface area contributed by atoms with Crippen LogP contribution in [0, 0.1) is 5.41 Å². The van der Waals surface area contributed by atoms with Crippen LogP contribution < -0.4 is 0 Å². The van der Waals surface area contributed by atoms with E-state index in [1.54, 1.807) is 0 Å². The van der Waals surface area contributed by atoms with Crippen LogP contribution in [0.5, 0.6) is 0 Å². The van der Waals surface area contributed by atoms with Crippen LogP contribution in [0.4, 0.5) is 0 Å². The molecule has 1 atom stereocenters. The highest BCUT2D eigenvalue weighted by Crippen LogP contribution is 2.33. The normalized spacial score (nSPS) is 13.4. The van der Waals surface area contributed by atoms with Crippen molar-refractivity contribution in [1.29, 1.82) is 0 Å². The van der Waals surface area contributed by atoms with Crippen LogP contribution in [0.15, 0.2) is 12.7 Å². The van der Waals surface area contributed by atoms with Crippen LogP contribution in [0.25, 0.3) is 0 Å². The summed E-state index contributed by atoms with van der Waals surface area (Å²) in [6.07, 6.45) is -0.132. The third kappa shape index (κ3) is 5.27. The molecule has 0 bridgehead atoms. The number of aliphatic carboxylic acids is 1. The quantitative estimate of drug-likeness (QED) is 0.414. The molecule has 0 aliphatic carbocycles. The van der Waals surface area contributed by atoms with Crippen LogP contribution in [-0.2, 0) is 4.79 Å². The van der Waals surface area contributed by atoms with Crippen molar-refractivity contribution in [1.82, 2.24) is 0 Å². The maximum atomic E-state index is 9.62. The van der Waals surface area contributed by atoms with Gasteiger partial charge in [-0.25, -0.2) is 4.79 Å². The molecule has 0 aliphatic heterocycles. The average molecular weight is 250 g/mol. The first-order valence-electron chi connectivity index (χ1n) is 5.06. The zero-order chi connectivity index (χ0) is 14.3. The Morgan fingerprint density at radius 1 is 1.35 bits per heavy atom. The molecule has 1 unspecified atom stereocenters. The Bertz CT molecular complexity index is 237. The Morgan fingerprint density at radius 3 is 1.65 bits per heavy atom. The van der Waals surface area contributed by atoms with Gasteiger partial charge in [0.25, 0.3) is 0 Å². The van der Waals surface area contributed by atoms with Crippen molar-refractivity contribution >= 4 is 5.97 Å². The second-order valence-corrected chi connectivity index (χ2v) is 4.25. The number of aliphatic hydroxyl groups is 4. The molecule has 6 heteroatoms. The van der Waals surface area contributed by atoms with Gasteiger partial charge in [0.05, 0.1) is 30.3 Å². The highest BCUT2D eigenvalue weighted by Gasteiger charge is 2.47. The number of rotatable bonds is 5. The van der Waals surface area contributed by atoms with Crippen molar-refractivity contribution in [2.24, 2.45) is 5.41 Å². The molecule has 0 amide bonds. The Labute approximate surface area is 101 Å². The summed E-state index contributed by atoms with van der Waals surface area (Å²) in [4.78, 5) is 9.25. The lowest BCUT2D eigenvalue weighted by molar-refractivity contribution is -0.162. The molecule has 17 heavy (non-hydrogen) atoms. The van der Waals surface area contributed by atoms with E-state index in [0.29, 0.717) is 0 Å². The van der Waals surface area contributed by atoms with Crippen molar-refractivity contribution < 1.29 is 30.3 Å². The SMILES string of the molecule is C=CC(=O)O.CC(O)C(CO)(CO)C(C)(C)O. The number of carboxylic acids is 1. The van der Waals surface area contributed by atoms with Gasteiger partial charge in [0, 0.05) is 6.08 Å². The Kier molecular flexibility index (Phi) is 8.01. The van der Waals surface area contributed by atoms with Gasteiger partial charge in [-0.1, -0.05) is 6.58 Å². The van der Waals surface area contributed by atoms with Crippen LogP contribution >= 0.6 is 0 Å². The zero-order valence-electron chi connectivity index (χ0n) is 10.4. The van der Waals surface area contributed by atoms with Gasteiger partial charge in [0.1, 0.15) is 0 Å². The molecule has 0 saturated carbocycles. The minimum atomic E-state index is -1.31. The van der Waals surface area contributed by atoms with E-state index in [0.717, 1.165) is 6.08 Å². The van der Waals surface area contributed by atoms with Crippen LogP contribution in [0.3, 0.4) is 0 Å². The van der Waals surface area contributed by atoms with E-state index in [1.165, 1.54) is 20.8 Å². The molecule has 0 aromatic rings. The Balaban J connectivity index is 0. The maximum absolute atomic E-state index is 9.62. The number of carboxylic acid groups (broad SMARTS) is 1. The van der Waals surface area contributed by atoms with E-state index in [1.807, 2.05) is 0 Å². The molecule has 0 spiro atoms. The Hall–Kier alpha value is -0.950. The lowest BCUT2D eigenvalue weighted by Crippen LogP contribution is -2.55. The van der Waals surface area contributed by atoms with Crippen molar-refractivity contribution in [2.75, 3.05) is 13.2 Å². The summed E-state index contributed by atoms with van der Waals surface area (Å²) in [5.41, 5.74) is -2.57. The largest absolute Gasteiger partial charge is 0.478 e. The molecular weight excluding hydrogens is 228 g/mol. The summed E-state index contributed by atoms with van der Waals surface area (Å²) in [6.45, 7) is 6.39. The van der Waals surface area contributed by atoms with Crippen molar-refractivity contribution in [3.8, 4) is 0 Å². The van der Waals surface area contributed by atoms with E-state index >= 15 is 0 Å². The summed E-state index contributed by atoms with van der Waals surface area (Å²) in [6, 6.07) is 0. The lowest BCUT2D eigenvalue weighted by atomic mass is 9.71. The first-order chi connectivity index (χ1) is 7.58. The topological polar surface area (TPSA) is 118 Å². The van der Waals surface area contributed by atoms with E-state index in [2.05, 4.69) is 6.58 Å². The van der Waals surface area contributed by atoms with Crippen molar-refractivity contribution in [2.45, 2.75) is 32.5 Å². The van der Waals surface area contributed by atoms with Crippen molar-refractivity contribution in [3.05, 3.63) is 12.7 Å². The molecule has 0 fully saturated rings. The highest BCUT2D eigenvalue weighted by molar-refractivity contribution is 5.78. The molecule has 5 N–H and O–H groups in total. The number of aliphatic hydroxyl groups excluding tert-OH is 3. The minimum Gasteiger partial charge on any atom is -0.478 e. The van der Waals surface area contributed by atoms with Crippen LogP contribution in [-0.4, -0.2) is 56.4 Å². The fourth-order valence-corrected chi connectivity index (χ4v) is 1.21. The molecule has 0 aromatic carbocycles. The van der Waals surface area contributed by atoms with Crippen molar-refractivity contribution in [3.63, 3.8) is 0 Å². The van der Waals surface area contributed by atoms with Gasteiger partial charge in [0.15, 0.2) is 0 Å². The van der Waals surface area contributed by atoms with Crippen LogP contribution in [0.2, 0.25) is 0 Å². The average Bonchev–Trinajstić information content (AvgIpc) is 2.18. The Morgan fingerprint density at radius 2 is 1.65 bits per heavy atom. The molecule has 0 radical (unpaired) electrons. The predicted molar refractivity (Wildman–Crippen MR) is 62.4 cm³/mol. The van der Waals surface area contributed by atoms with Gasteiger partial charge in [-0.05, 0) is 20.8 Å². The van der Waals surface area contributed by atoms with E-state index in [4.69, 9.17) is 15.3 Å². The smallest absolute Gasteiger partial charge is 0.327 e. The van der Waals surface area contributed by atoms with E-state index in [-0.39, 0.29) is 0 Å². The van der Waals surface area contributed by atoms with Gasteiger partial charge in [0.2, 0.25) is 0 Å². The van der Waals surface area contributed by atoms with Gasteiger partial charge in [-0.3, -0.25) is 0 Å². The molecule has 0 heterocycles. The molecule has 0 saturated heterocycles. The molecule has 6 nitrogen and oxygen atoms in total. The summed E-state index contributed by atoms with van der Waals surface area (Å²) in [5.74, 6) is -0.981. The fourth-order valence-electron chi connectivity index (χ4n) is 1.21. The van der Waals surface area contributed by atoms with Gasteiger partial charge < -0.3 is 25.5 Å². The molecular formula is C11H22O6. The predicted octanol–water partition coefficient (Wildman–Crippen LogP) is -0.634. The first kappa shape index (κ1) is 18.4. The second-order valence-electron chi connectivity index (χ2n) is 4.25. The summed E-state index contributed by atoms with van der Waals surface area (Å²) < 4.78 is 0. The zero-order valence-corrected chi connectivity index (χ0v) is 10.4. The molecule has 0 rings (SSSR count). The minimum absolute atomic E-state index is 0.454. The summed E-state index contributed by atoms with van der Waals surface area (Å²) >= 11 is 0. The molecule has 0 aromatic heterocycles. The molecule has 0 aliphatic rings. The van der Waals surface area contributed by atoms with E-state index < -0.39 is 36.3 Å². The maximum Gasteiger partial charge on any atom is 0.327 e. The number of hydrogen-bond acceptors (Lipinski definition) is 5. The lowest BCUT2D eigenvalue weighted by Gasteiger charge is -2.42. The first-order valence-corrected chi connectivity index (χ1v) is 5.06. The highest BCUT2D eigenvalue weighted by atomic mass is 16.4. The van der Waals surface area contributed by atoms with Gasteiger partial charge in [-0.2, -0.15) is 0 Å². The number of hydrogen-bond donors (Lipinski definition) is 5. The fraction of sp³-hybridized carbons (Fsp3) is 0.727. The van der Waals surface area contributed by atoms with Gasteiger partial charge in [-0.15, -0.1) is 0 Å². The second kappa shape index (κ2) is 7.39. The number of carbonyl (C=O) groups is 1. The molecule has 102 valence electrons.